The highest BCUT2D eigenvalue weighted by molar-refractivity contribution is 7.99. The third kappa shape index (κ3) is 7.53. The van der Waals surface area contributed by atoms with Crippen molar-refractivity contribution in [3.63, 3.8) is 0 Å². The van der Waals surface area contributed by atoms with Gasteiger partial charge < -0.3 is 14.6 Å². The smallest absolute Gasteiger partial charge is 0.320 e. The molecule has 1 fully saturated rings. The van der Waals surface area contributed by atoms with Crippen LogP contribution in [-0.2, 0) is 16.1 Å². The van der Waals surface area contributed by atoms with Crippen molar-refractivity contribution in [3.8, 4) is 5.75 Å². The molecule has 6 nitrogen and oxygen atoms in total. The monoisotopic (exact) mass is 382 g/mol. The first kappa shape index (κ1) is 21.0. The van der Waals surface area contributed by atoms with Crippen LogP contribution in [0.5, 0.6) is 5.75 Å². The molecule has 1 aliphatic rings. The van der Waals surface area contributed by atoms with Crippen molar-refractivity contribution in [1.82, 2.24) is 9.80 Å². The molecular weight excluding hydrogens is 352 g/mol. The Labute approximate surface area is 160 Å². The summed E-state index contributed by atoms with van der Waals surface area (Å²) in [6, 6.07) is 7.74. The fraction of sp³-hybridized carbons (Fsp3) is 0.632. The first-order chi connectivity index (χ1) is 12.6. The lowest BCUT2D eigenvalue weighted by atomic mass is 10.2. The van der Waals surface area contributed by atoms with Crippen LogP contribution in [0, 0.1) is 0 Å². The number of aliphatic hydroxyl groups is 1. The molecule has 1 N–H and O–H groups in total. The third-order valence-electron chi connectivity index (χ3n) is 4.12. The van der Waals surface area contributed by atoms with E-state index in [1.807, 2.05) is 48.0 Å². The van der Waals surface area contributed by atoms with Gasteiger partial charge in [0.1, 0.15) is 18.5 Å². The molecule has 0 amide bonds. The highest BCUT2D eigenvalue weighted by Crippen LogP contribution is 2.20. The van der Waals surface area contributed by atoms with E-state index in [4.69, 9.17) is 9.47 Å². The van der Waals surface area contributed by atoms with Gasteiger partial charge in [0.2, 0.25) is 0 Å². The number of aliphatic hydroxyl groups excluding tert-OH is 1. The molecule has 7 heteroatoms. The van der Waals surface area contributed by atoms with Gasteiger partial charge in [-0.2, -0.15) is 11.8 Å². The average molecular weight is 383 g/mol. The van der Waals surface area contributed by atoms with E-state index < -0.39 is 6.10 Å². The predicted molar refractivity (Wildman–Crippen MR) is 105 cm³/mol. The third-order valence-corrected chi connectivity index (χ3v) is 5.06. The minimum Gasteiger partial charge on any atom is -0.491 e. The van der Waals surface area contributed by atoms with Crippen molar-refractivity contribution in [2.24, 2.45) is 0 Å². The highest BCUT2D eigenvalue weighted by Gasteiger charge is 2.16. The van der Waals surface area contributed by atoms with E-state index in [1.54, 1.807) is 6.92 Å². The molecule has 0 aromatic heterocycles. The van der Waals surface area contributed by atoms with E-state index >= 15 is 0 Å². The van der Waals surface area contributed by atoms with Crippen LogP contribution in [0.3, 0.4) is 0 Å². The zero-order chi connectivity index (χ0) is 18.8. The molecule has 0 aliphatic carbocycles. The quantitative estimate of drug-likeness (QED) is 0.615. The van der Waals surface area contributed by atoms with E-state index in [-0.39, 0.29) is 19.1 Å². The summed E-state index contributed by atoms with van der Waals surface area (Å²) >= 11 is 1.96. The molecule has 2 rings (SSSR count). The number of benzene rings is 1. The van der Waals surface area contributed by atoms with E-state index in [9.17, 15) is 9.90 Å². The summed E-state index contributed by atoms with van der Waals surface area (Å²) in [7, 11) is 1.87. The molecule has 0 spiro atoms. The Morgan fingerprint density at radius 1 is 1.35 bits per heavy atom. The Morgan fingerprint density at radius 3 is 2.81 bits per heavy atom. The first-order valence-corrected chi connectivity index (χ1v) is 10.3. The summed E-state index contributed by atoms with van der Waals surface area (Å²) in [5.74, 6) is 2.77. The van der Waals surface area contributed by atoms with Gasteiger partial charge in [0, 0.05) is 43.2 Å². The minimum absolute atomic E-state index is 0.233. The number of ether oxygens (including phenoxy) is 2. The Kier molecular flexibility index (Phi) is 9.25. The SMILES string of the molecule is CCOC(=O)CN(C)Cc1ccccc1OCC(O)CN1CCSCC1. The number of β-amino-alcohol motifs (C(OH)–C–C–N with tert-alkyl or cyclic N) is 1. The van der Waals surface area contributed by atoms with Gasteiger partial charge in [-0.3, -0.25) is 14.6 Å². The van der Waals surface area contributed by atoms with Crippen LogP contribution in [0.4, 0.5) is 0 Å². The van der Waals surface area contributed by atoms with Gasteiger partial charge in [0.15, 0.2) is 0 Å². The fourth-order valence-corrected chi connectivity index (χ4v) is 3.85. The molecular formula is C19H30N2O4S. The average Bonchev–Trinajstić information content (AvgIpc) is 2.62. The maximum atomic E-state index is 11.6. The molecule has 1 heterocycles. The van der Waals surface area contributed by atoms with Crippen molar-refractivity contribution in [2.45, 2.75) is 19.6 Å². The Hall–Kier alpha value is -1.28. The highest BCUT2D eigenvalue weighted by atomic mass is 32.2. The number of nitrogens with zero attached hydrogens (tertiary/aromatic N) is 2. The van der Waals surface area contributed by atoms with Gasteiger partial charge in [0.25, 0.3) is 0 Å². The lowest BCUT2D eigenvalue weighted by molar-refractivity contribution is -0.144. The van der Waals surface area contributed by atoms with Crippen LogP contribution in [0.2, 0.25) is 0 Å². The van der Waals surface area contributed by atoms with Gasteiger partial charge in [-0.05, 0) is 20.0 Å². The number of para-hydroxylation sites is 1. The second-order valence-corrected chi connectivity index (χ2v) is 7.69. The lowest BCUT2D eigenvalue weighted by Crippen LogP contribution is -2.40. The van der Waals surface area contributed by atoms with E-state index in [2.05, 4.69) is 4.90 Å². The van der Waals surface area contributed by atoms with Crippen molar-refractivity contribution in [1.29, 1.82) is 0 Å². The lowest BCUT2D eigenvalue weighted by Gasteiger charge is -2.28. The number of hydrogen-bond acceptors (Lipinski definition) is 7. The summed E-state index contributed by atoms with van der Waals surface area (Å²) in [6.45, 7) is 5.96. The molecule has 26 heavy (non-hydrogen) atoms. The maximum absolute atomic E-state index is 11.6. The molecule has 1 aromatic carbocycles. The topological polar surface area (TPSA) is 62.2 Å². The fourth-order valence-electron chi connectivity index (χ4n) is 2.87. The van der Waals surface area contributed by atoms with Crippen molar-refractivity contribution < 1.29 is 19.4 Å². The van der Waals surface area contributed by atoms with Crippen LogP contribution in [0.1, 0.15) is 12.5 Å². The Bertz CT molecular complexity index is 552. The zero-order valence-electron chi connectivity index (χ0n) is 15.7. The van der Waals surface area contributed by atoms with Crippen molar-refractivity contribution in [2.75, 3.05) is 57.9 Å². The number of carbonyl (C=O) groups is 1. The number of hydrogen-bond donors (Lipinski definition) is 1. The van der Waals surface area contributed by atoms with Crippen molar-refractivity contribution in [3.05, 3.63) is 29.8 Å². The van der Waals surface area contributed by atoms with Gasteiger partial charge >= 0.3 is 5.97 Å². The van der Waals surface area contributed by atoms with Crippen LogP contribution >= 0.6 is 11.8 Å². The summed E-state index contributed by atoms with van der Waals surface area (Å²) < 4.78 is 10.8. The van der Waals surface area contributed by atoms with E-state index in [0.717, 1.165) is 35.9 Å². The van der Waals surface area contributed by atoms with Gasteiger partial charge in [-0.1, -0.05) is 18.2 Å². The molecule has 0 radical (unpaired) electrons. The molecule has 1 unspecified atom stereocenters. The normalized spacial score (nSPS) is 16.5. The van der Waals surface area contributed by atoms with Gasteiger partial charge in [-0.15, -0.1) is 0 Å². The number of esters is 1. The van der Waals surface area contributed by atoms with Crippen LogP contribution < -0.4 is 4.74 Å². The first-order valence-electron chi connectivity index (χ1n) is 9.11. The summed E-state index contributed by atoms with van der Waals surface area (Å²) in [4.78, 5) is 15.8. The second-order valence-electron chi connectivity index (χ2n) is 6.46. The zero-order valence-corrected chi connectivity index (χ0v) is 16.5. The van der Waals surface area contributed by atoms with Gasteiger partial charge in [0.05, 0.1) is 13.2 Å². The molecule has 0 saturated carbocycles. The minimum atomic E-state index is -0.511. The molecule has 146 valence electrons. The number of thioether (sulfide) groups is 1. The molecule has 1 atom stereocenters. The largest absolute Gasteiger partial charge is 0.491 e. The molecule has 0 bridgehead atoms. The van der Waals surface area contributed by atoms with Crippen LogP contribution in [0.15, 0.2) is 24.3 Å². The second kappa shape index (κ2) is 11.4. The summed E-state index contributed by atoms with van der Waals surface area (Å²) in [5.41, 5.74) is 0.987. The molecule has 1 aliphatic heterocycles. The number of carbonyl (C=O) groups excluding carboxylic acids is 1. The number of likely N-dealkylation sites (N-methyl/N-ethyl adjacent to an activating group) is 1. The van der Waals surface area contributed by atoms with E-state index in [0.29, 0.717) is 19.7 Å². The Morgan fingerprint density at radius 2 is 2.08 bits per heavy atom. The van der Waals surface area contributed by atoms with Crippen LogP contribution in [-0.4, -0.2) is 84.9 Å². The van der Waals surface area contributed by atoms with E-state index in [1.165, 1.54) is 0 Å². The molecule has 1 saturated heterocycles. The summed E-state index contributed by atoms with van der Waals surface area (Å²) in [6.07, 6.45) is -0.511. The Balaban J connectivity index is 1.82. The number of rotatable bonds is 10. The standard InChI is InChI=1S/C19H30N2O4S/c1-3-24-19(23)14-20(2)12-16-6-4-5-7-18(16)25-15-17(22)13-21-8-10-26-11-9-21/h4-7,17,22H,3,8-15H2,1-2H3. The van der Waals surface area contributed by atoms with Crippen LogP contribution in [0.25, 0.3) is 0 Å². The van der Waals surface area contributed by atoms with Gasteiger partial charge in [-0.25, -0.2) is 0 Å². The maximum Gasteiger partial charge on any atom is 0.320 e. The van der Waals surface area contributed by atoms with Crippen molar-refractivity contribution >= 4 is 17.7 Å². The summed E-state index contributed by atoms with van der Waals surface area (Å²) in [5, 5.41) is 10.3. The predicted octanol–water partition coefficient (Wildman–Crippen LogP) is 1.47. The molecule has 1 aromatic rings.